The van der Waals surface area contributed by atoms with Crippen molar-refractivity contribution in [2.75, 3.05) is 52.7 Å². The normalized spacial score (nSPS) is 25.2. The summed E-state index contributed by atoms with van der Waals surface area (Å²) in [5.74, 6) is 0.288. The van der Waals surface area contributed by atoms with Crippen LogP contribution in [0.3, 0.4) is 0 Å². The number of nitrogens with zero attached hydrogens (tertiary/aromatic N) is 1. The lowest BCUT2D eigenvalue weighted by Crippen LogP contribution is -2.38. The molecule has 9 heteroatoms. The van der Waals surface area contributed by atoms with Gasteiger partial charge in [-0.05, 0) is 24.3 Å². The van der Waals surface area contributed by atoms with Crippen molar-refractivity contribution in [1.82, 2.24) is 10.4 Å². The second-order valence-electron chi connectivity index (χ2n) is 6.97. The topological polar surface area (TPSA) is 61.4 Å². The van der Waals surface area contributed by atoms with Crippen molar-refractivity contribution in [3.05, 3.63) is 29.8 Å². The van der Waals surface area contributed by atoms with Crippen LogP contribution in [0.1, 0.15) is 12.0 Å². The minimum absolute atomic E-state index is 0.0131. The number of hydrogen-bond donors (Lipinski definition) is 1. The quantitative estimate of drug-likeness (QED) is 0.754. The van der Waals surface area contributed by atoms with Gasteiger partial charge in [-0.25, -0.2) is 0 Å². The highest BCUT2D eigenvalue weighted by atomic mass is 19.3. The Bertz CT molecular complexity index is 704. The summed E-state index contributed by atoms with van der Waals surface area (Å²) in [6, 6.07) is 4.88. The van der Waals surface area contributed by atoms with E-state index in [2.05, 4.69) is 15.1 Å². The number of halogens is 2. The fourth-order valence-corrected chi connectivity index (χ4v) is 3.47. The molecule has 0 aliphatic carbocycles. The van der Waals surface area contributed by atoms with Gasteiger partial charge in [0, 0.05) is 38.2 Å². The van der Waals surface area contributed by atoms with Crippen LogP contribution in [0.4, 0.5) is 8.78 Å². The number of benzene rings is 1. The summed E-state index contributed by atoms with van der Waals surface area (Å²) >= 11 is 0. The number of hydroxylamine groups is 1. The molecule has 3 heterocycles. The molecule has 1 atom stereocenters. The number of alkyl halides is 2. The van der Waals surface area contributed by atoms with Crippen molar-refractivity contribution in [3.8, 4) is 11.5 Å². The molecule has 3 aliphatic rings. The van der Waals surface area contributed by atoms with Gasteiger partial charge in [-0.1, -0.05) is 0 Å². The third kappa shape index (κ3) is 4.54. The molecule has 1 aromatic carbocycles. The molecule has 0 saturated carbocycles. The number of rotatable bonds is 7. The monoisotopic (exact) mass is 398 g/mol. The first kappa shape index (κ1) is 19.4. The van der Waals surface area contributed by atoms with Gasteiger partial charge in [-0.2, -0.15) is 8.78 Å². The first-order valence-electron chi connectivity index (χ1n) is 9.40. The molecule has 1 aromatic rings. The van der Waals surface area contributed by atoms with Crippen molar-refractivity contribution in [2.45, 2.75) is 18.6 Å². The number of hydrogen-bond acceptors (Lipinski definition) is 7. The third-order valence-corrected chi connectivity index (χ3v) is 5.03. The van der Waals surface area contributed by atoms with Crippen molar-refractivity contribution >= 4 is 5.70 Å². The van der Waals surface area contributed by atoms with Crippen molar-refractivity contribution in [3.63, 3.8) is 0 Å². The molecule has 1 unspecified atom stereocenters. The highest BCUT2D eigenvalue weighted by molar-refractivity contribution is 5.68. The maximum atomic E-state index is 12.8. The third-order valence-electron chi connectivity index (χ3n) is 5.03. The summed E-state index contributed by atoms with van der Waals surface area (Å²) < 4.78 is 46.7. The van der Waals surface area contributed by atoms with Gasteiger partial charge in [0.15, 0.2) is 11.5 Å². The first-order valence-corrected chi connectivity index (χ1v) is 9.40. The van der Waals surface area contributed by atoms with Crippen molar-refractivity contribution in [1.29, 1.82) is 0 Å². The van der Waals surface area contributed by atoms with Crippen LogP contribution >= 0.6 is 0 Å². The van der Waals surface area contributed by atoms with Crippen LogP contribution in [0.25, 0.3) is 5.70 Å². The highest BCUT2D eigenvalue weighted by Gasteiger charge is 2.39. The van der Waals surface area contributed by atoms with Crippen LogP contribution in [-0.2, 0) is 14.3 Å². The number of morpholine rings is 1. The van der Waals surface area contributed by atoms with Gasteiger partial charge in [0.05, 0.1) is 25.5 Å². The van der Waals surface area contributed by atoms with Gasteiger partial charge in [0.1, 0.15) is 12.2 Å². The second kappa shape index (κ2) is 8.60. The molecule has 3 aliphatic heterocycles. The van der Waals surface area contributed by atoms with E-state index in [4.69, 9.17) is 19.0 Å². The largest absolute Gasteiger partial charge is 0.488 e. The van der Waals surface area contributed by atoms with Gasteiger partial charge >= 0.3 is 6.61 Å². The molecular formula is C19H24F2N2O5. The van der Waals surface area contributed by atoms with Crippen LogP contribution in [0.2, 0.25) is 0 Å². The molecule has 2 saturated heterocycles. The van der Waals surface area contributed by atoms with Crippen LogP contribution < -0.4 is 15.0 Å². The van der Waals surface area contributed by atoms with E-state index in [1.165, 1.54) is 6.07 Å². The Hall–Kier alpha value is -1.94. The smallest absolute Gasteiger partial charge is 0.387 e. The Morgan fingerprint density at radius 2 is 2.00 bits per heavy atom. The van der Waals surface area contributed by atoms with Crippen molar-refractivity contribution in [2.24, 2.45) is 0 Å². The standard InChI is InChI=1S/C19H24F2N2O5/c20-18(21)27-16-2-1-14(15-12-19(28-22-15)3-7-25-13-19)11-17(16)26-10-6-23-4-8-24-9-5-23/h1-2,11-12,18,22H,3-10,13H2. The van der Waals surface area contributed by atoms with Crippen LogP contribution in [-0.4, -0.2) is 69.8 Å². The van der Waals surface area contributed by atoms with E-state index >= 15 is 0 Å². The van der Waals surface area contributed by atoms with E-state index < -0.39 is 12.2 Å². The first-order chi connectivity index (χ1) is 13.6. The lowest BCUT2D eigenvalue weighted by molar-refractivity contribution is -0.0517. The van der Waals surface area contributed by atoms with Crippen molar-refractivity contribution < 1.29 is 32.6 Å². The molecule has 0 amide bonds. The summed E-state index contributed by atoms with van der Waals surface area (Å²) in [4.78, 5) is 7.89. The van der Waals surface area contributed by atoms with E-state index in [1.54, 1.807) is 12.1 Å². The summed E-state index contributed by atoms with van der Waals surface area (Å²) in [6.07, 6.45) is 2.74. The molecule has 7 nitrogen and oxygen atoms in total. The fourth-order valence-electron chi connectivity index (χ4n) is 3.47. The van der Waals surface area contributed by atoms with E-state index in [0.29, 0.717) is 39.6 Å². The Morgan fingerprint density at radius 1 is 1.14 bits per heavy atom. The predicted molar refractivity (Wildman–Crippen MR) is 96.2 cm³/mol. The molecule has 4 rings (SSSR count). The van der Waals surface area contributed by atoms with Crippen LogP contribution in [0.5, 0.6) is 11.5 Å². The zero-order chi connectivity index (χ0) is 19.4. The molecule has 0 aromatic heterocycles. The highest BCUT2D eigenvalue weighted by Crippen LogP contribution is 2.36. The lowest BCUT2D eigenvalue weighted by Gasteiger charge is -2.26. The van der Waals surface area contributed by atoms with E-state index in [0.717, 1.165) is 30.8 Å². The SMILES string of the molecule is FC(F)Oc1ccc(C2=CC3(CCOC3)ON2)cc1OCCN1CCOCC1. The molecule has 154 valence electrons. The van der Waals surface area contributed by atoms with Gasteiger partial charge in [0.2, 0.25) is 0 Å². The summed E-state index contributed by atoms with van der Waals surface area (Å²) in [7, 11) is 0. The second-order valence-corrected chi connectivity index (χ2v) is 6.97. The predicted octanol–water partition coefficient (Wildman–Crippen LogP) is 2.03. The van der Waals surface area contributed by atoms with E-state index in [1.807, 2.05) is 6.08 Å². The van der Waals surface area contributed by atoms with E-state index in [-0.39, 0.29) is 11.5 Å². The van der Waals surface area contributed by atoms with Crippen LogP contribution in [0, 0.1) is 0 Å². The minimum Gasteiger partial charge on any atom is -0.488 e. The van der Waals surface area contributed by atoms with Gasteiger partial charge < -0.3 is 18.9 Å². The summed E-state index contributed by atoms with van der Waals surface area (Å²) in [5.41, 5.74) is 3.97. The lowest BCUT2D eigenvalue weighted by atomic mass is 10.0. The van der Waals surface area contributed by atoms with Gasteiger partial charge in [0.25, 0.3) is 0 Å². The molecule has 1 N–H and O–H groups in total. The summed E-state index contributed by atoms with van der Waals surface area (Å²) in [6.45, 7) is 2.32. The Labute approximate surface area is 162 Å². The molecule has 2 fully saturated rings. The maximum Gasteiger partial charge on any atom is 0.387 e. The zero-order valence-electron chi connectivity index (χ0n) is 15.5. The fraction of sp³-hybridized carbons (Fsp3) is 0.579. The molecule has 28 heavy (non-hydrogen) atoms. The molecule has 1 spiro atoms. The summed E-state index contributed by atoms with van der Waals surface area (Å²) in [5, 5.41) is 0. The minimum atomic E-state index is -2.92. The molecular weight excluding hydrogens is 374 g/mol. The molecule has 0 bridgehead atoms. The Kier molecular flexibility index (Phi) is 5.96. The maximum absolute atomic E-state index is 12.8. The average molecular weight is 398 g/mol. The number of nitrogens with one attached hydrogen (secondary N) is 1. The Balaban J connectivity index is 1.47. The molecule has 0 radical (unpaired) electrons. The number of ether oxygens (including phenoxy) is 4. The average Bonchev–Trinajstić information content (AvgIpc) is 3.33. The zero-order valence-corrected chi connectivity index (χ0v) is 15.5. The Morgan fingerprint density at radius 3 is 2.75 bits per heavy atom. The van der Waals surface area contributed by atoms with Gasteiger partial charge in [-0.15, -0.1) is 0 Å². The van der Waals surface area contributed by atoms with Crippen LogP contribution in [0.15, 0.2) is 24.3 Å². The van der Waals surface area contributed by atoms with Gasteiger partial charge in [-0.3, -0.25) is 15.2 Å². The van der Waals surface area contributed by atoms with E-state index in [9.17, 15) is 8.78 Å².